The van der Waals surface area contributed by atoms with Crippen molar-refractivity contribution in [3.8, 4) is 17.1 Å². The Balaban J connectivity index is 1.21. The Morgan fingerprint density at radius 2 is 1.83 bits per heavy atom. The number of aryl methyl sites for hydroxylation is 2. The second-order valence-corrected chi connectivity index (χ2v) is 14.2. The second-order valence-electron chi connectivity index (χ2n) is 13.3. The van der Waals surface area contributed by atoms with E-state index in [0.717, 1.165) is 63.5 Å². The maximum atomic E-state index is 11.5. The number of carboxylic acid groups (broad SMARTS) is 1. The molecule has 1 fully saturated rings. The molecule has 0 spiro atoms. The highest BCUT2D eigenvalue weighted by atomic mass is 32.2. The van der Waals surface area contributed by atoms with Crippen molar-refractivity contribution in [3.63, 3.8) is 0 Å². The van der Waals surface area contributed by atoms with E-state index in [1.807, 2.05) is 24.3 Å². The number of nitrogens with one attached hydrogen (secondary N) is 2. The highest BCUT2D eigenvalue weighted by molar-refractivity contribution is 8.00. The lowest BCUT2D eigenvalue weighted by atomic mass is 9.88. The predicted molar refractivity (Wildman–Crippen MR) is 184 cm³/mol. The zero-order chi connectivity index (χ0) is 33.1. The number of carbonyl (C=O) groups is 1. The quantitative estimate of drug-likeness (QED) is 0.107. The lowest BCUT2D eigenvalue weighted by Crippen LogP contribution is -2.37. The summed E-state index contributed by atoms with van der Waals surface area (Å²) in [4.78, 5) is 31.0. The lowest BCUT2D eigenvalue weighted by molar-refractivity contribution is 0.0696. The van der Waals surface area contributed by atoms with Gasteiger partial charge >= 0.3 is 5.97 Å². The predicted octanol–water partition coefficient (Wildman–Crippen LogP) is 7.96. The molecule has 11 heteroatoms. The van der Waals surface area contributed by atoms with Crippen LogP contribution in [0.5, 0.6) is 5.88 Å². The first-order valence-electron chi connectivity index (χ1n) is 15.8. The van der Waals surface area contributed by atoms with Gasteiger partial charge in [0.15, 0.2) is 0 Å². The van der Waals surface area contributed by atoms with E-state index in [9.17, 15) is 9.90 Å². The fraction of sp³-hybridized carbons (Fsp3) is 0.361. The summed E-state index contributed by atoms with van der Waals surface area (Å²) in [6, 6.07) is 16.8. The van der Waals surface area contributed by atoms with E-state index in [4.69, 9.17) is 24.1 Å². The highest BCUT2D eigenvalue weighted by Crippen LogP contribution is 2.41. The first-order valence-corrected chi connectivity index (χ1v) is 16.7. The van der Waals surface area contributed by atoms with Crippen LogP contribution in [0.1, 0.15) is 78.9 Å². The van der Waals surface area contributed by atoms with Crippen LogP contribution in [-0.2, 0) is 6.54 Å². The molecule has 6 rings (SSSR count). The average molecular weight is 653 g/mol. The van der Waals surface area contributed by atoms with Crippen molar-refractivity contribution >= 4 is 35.1 Å². The molecule has 5 aromatic rings. The third kappa shape index (κ3) is 8.47. The number of aromatic nitrogens is 4. The molecule has 3 aromatic heterocycles. The number of fused-ring (bicyclic) bond motifs is 1. The van der Waals surface area contributed by atoms with Crippen LogP contribution in [0.15, 0.2) is 70.1 Å². The molecule has 47 heavy (non-hydrogen) atoms. The van der Waals surface area contributed by atoms with E-state index in [0.29, 0.717) is 36.6 Å². The highest BCUT2D eigenvalue weighted by Gasteiger charge is 2.28. The van der Waals surface area contributed by atoms with Crippen LogP contribution in [0.2, 0.25) is 0 Å². The number of furan rings is 1. The average Bonchev–Trinajstić information content (AvgIpc) is 3.79. The van der Waals surface area contributed by atoms with Gasteiger partial charge in [-0.3, -0.25) is 4.72 Å². The molecule has 1 saturated carbocycles. The molecule has 0 bridgehead atoms. The van der Waals surface area contributed by atoms with Crippen LogP contribution in [0.4, 0.5) is 5.95 Å². The van der Waals surface area contributed by atoms with Gasteiger partial charge in [-0.2, -0.15) is 4.98 Å². The molecular weight excluding hydrogens is 613 g/mol. The van der Waals surface area contributed by atoms with Crippen molar-refractivity contribution in [2.24, 2.45) is 5.41 Å². The van der Waals surface area contributed by atoms with Gasteiger partial charge in [-0.25, -0.2) is 19.7 Å². The van der Waals surface area contributed by atoms with Crippen molar-refractivity contribution in [2.75, 3.05) is 11.3 Å². The molecule has 244 valence electrons. The van der Waals surface area contributed by atoms with Gasteiger partial charge in [0.25, 0.3) is 0 Å². The van der Waals surface area contributed by atoms with Gasteiger partial charge < -0.3 is 19.6 Å². The number of benzene rings is 2. The van der Waals surface area contributed by atoms with Crippen molar-refractivity contribution in [3.05, 3.63) is 88.9 Å². The Morgan fingerprint density at radius 1 is 1.06 bits per heavy atom. The fourth-order valence-corrected chi connectivity index (χ4v) is 6.22. The fourth-order valence-electron chi connectivity index (χ4n) is 5.59. The van der Waals surface area contributed by atoms with Gasteiger partial charge in [0.05, 0.1) is 23.1 Å². The number of ether oxygens (including phenoxy) is 1. The maximum Gasteiger partial charge on any atom is 0.335 e. The molecule has 3 heterocycles. The van der Waals surface area contributed by atoms with Gasteiger partial charge in [0.2, 0.25) is 17.5 Å². The molecule has 0 radical (unpaired) electrons. The molecule has 1 aliphatic rings. The third-order valence-electron chi connectivity index (χ3n) is 7.93. The number of carboxylic acids is 1. The van der Waals surface area contributed by atoms with Gasteiger partial charge in [0.1, 0.15) is 17.9 Å². The number of hydrogen-bond donors (Lipinski definition) is 3. The molecule has 0 aliphatic heterocycles. The van der Waals surface area contributed by atoms with Gasteiger partial charge in [-0.05, 0) is 79.8 Å². The Bertz CT molecular complexity index is 1880. The zero-order valence-corrected chi connectivity index (χ0v) is 28.1. The number of nitrogens with zero attached hydrogens (tertiary/aromatic N) is 4. The van der Waals surface area contributed by atoms with Crippen molar-refractivity contribution < 1.29 is 19.1 Å². The lowest BCUT2D eigenvalue weighted by Gasteiger charge is -2.27. The normalized spacial score (nSPS) is 13.9. The molecule has 1 aliphatic carbocycles. The summed E-state index contributed by atoms with van der Waals surface area (Å²) < 4.78 is 15.5. The molecule has 2 aromatic carbocycles. The Hall–Kier alpha value is -4.48. The van der Waals surface area contributed by atoms with Crippen LogP contribution < -0.4 is 14.8 Å². The Morgan fingerprint density at radius 3 is 2.55 bits per heavy atom. The standard InChI is InChI=1S/C36H40N6O4S/c1-21-8-6-9-22(2)32(21)28-16-31(41-35(40-28)42-47-27-11-7-10-24(14-27)34(43)44)45-20-25(17-36(3,4)5)37-18-26-19-38-33-29(39-26)15-30(46-33)23-12-13-23/h6-11,14-16,19,23,25,37H,12-13,17-18,20H2,1-5H3,(H,43,44)(H,40,41,42). The minimum Gasteiger partial charge on any atom is -0.478 e. The van der Waals surface area contributed by atoms with Gasteiger partial charge in [0, 0.05) is 41.1 Å². The molecule has 10 nitrogen and oxygen atoms in total. The largest absolute Gasteiger partial charge is 0.478 e. The molecule has 3 N–H and O–H groups in total. The number of aromatic carboxylic acids is 1. The zero-order valence-electron chi connectivity index (χ0n) is 27.3. The van der Waals surface area contributed by atoms with Crippen LogP contribution >= 0.6 is 11.9 Å². The number of anilines is 1. The number of rotatable bonds is 13. The summed E-state index contributed by atoms with van der Waals surface area (Å²) in [5.41, 5.74) is 6.42. The van der Waals surface area contributed by atoms with E-state index in [-0.39, 0.29) is 17.0 Å². The Kier molecular flexibility index (Phi) is 9.47. The summed E-state index contributed by atoms with van der Waals surface area (Å²) in [5, 5.41) is 13.0. The monoisotopic (exact) mass is 652 g/mol. The molecule has 0 amide bonds. The Labute approximate surface area is 278 Å². The van der Waals surface area contributed by atoms with Crippen molar-refractivity contribution in [1.82, 2.24) is 25.3 Å². The number of hydrogen-bond acceptors (Lipinski definition) is 10. The second kappa shape index (κ2) is 13.7. The maximum absolute atomic E-state index is 11.5. The first-order chi connectivity index (χ1) is 22.5. The van der Waals surface area contributed by atoms with Crippen molar-refractivity contribution in [1.29, 1.82) is 0 Å². The van der Waals surface area contributed by atoms with E-state index in [2.05, 4.69) is 61.8 Å². The third-order valence-corrected chi connectivity index (χ3v) is 8.71. The summed E-state index contributed by atoms with van der Waals surface area (Å²) in [5.74, 6) is 1.31. The summed E-state index contributed by atoms with van der Waals surface area (Å²) in [6.07, 6.45) is 4.96. The topological polar surface area (TPSA) is 135 Å². The minimum atomic E-state index is -0.980. The molecule has 0 saturated heterocycles. The van der Waals surface area contributed by atoms with Crippen LogP contribution in [-0.4, -0.2) is 43.7 Å². The molecular formula is C36H40N6O4S. The van der Waals surface area contributed by atoms with Crippen LogP contribution in [0, 0.1) is 19.3 Å². The first kappa shape index (κ1) is 32.5. The van der Waals surface area contributed by atoms with E-state index in [1.165, 1.54) is 11.9 Å². The van der Waals surface area contributed by atoms with Crippen LogP contribution in [0.3, 0.4) is 0 Å². The van der Waals surface area contributed by atoms with Crippen LogP contribution in [0.25, 0.3) is 22.5 Å². The summed E-state index contributed by atoms with van der Waals surface area (Å²) in [7, 11) is 0. The molecule has 1 atom stereocenters. The summed E-state index contributed by atoms with van der Waals surface area (Å²) >= 11 is 1.25. The van der Waals surface area contributed by atoms with Gasteiger partial charge in [-0.1, -0.05) is 45.0 Å². The summed E-state index contributed by atoms with van der Waals surface area (Å²) in [6.45, 7) is 11.7. The molecule has 1 unspecified atom stereocenters. The van der Waals surface area contributed by atoms with Gasteiger partial charge in [-0.15, -0.1) is 0 Å². The van der Waals surface area contributed by atoms with E-state index in [1.54, 1.807) is 24.4 Å². The van der Waals surface area contributed by atoms with Crippen molar-refractivity contribution in [2.45, 2.75) is 77.3 Å². The smallest absolute Gasteiger partial charge is 0.335 e. The van der Waals surface area contributed by atoms with E-state index < -0.39 is 5.97 Å². The SMILES string of the molecule is Cc1cccc(C)c1-c1cc(OCC(CC(C)(C)C)NCc2cnc3oc(C4CC4)cc3n2)nc(NSc2cccc(C(=O)O)c2)n1. The van der Waals surface area contributed by atoms with E-state index >= 15 is 0 Å². The minimum absolute atomic E-state index is 0.00188.